The van der Waals surface area contributed by atoms with Gasteiger partial charge in [-0.3, -0.25) is 9.59 Å². The molecule has 2 aromatic rings. The van der Waals surface area contributed by atoms with Crippen LogP contribution in [0.1, 0.15) is 36.9 Å². The van der Waals surface area contributed by atoms with E-state index in [1.54, 1.807) is 51.4 Å². The molecule has 0 spiro atoms. The normalized spacial score (nSPS) is 10.2. The van der Waals surface area contributed by atoms with E-state index in [0.29, 0.717) is 16.8 Å². The molecule has 0 saturated carbocycles. The Morgan fingerprint density at radius 3 is 2.21 bits per heavy atom. The number of rotatable bonds is 4. The SMILES string of the molecule is COC(=O)c1[nH]c(C)cc1NC(=O)c1ccc(C(=O)N(C)C)cc1. The molecular formula is C17H19N3O4. The fraction of sp³-hybridized carbons (Fsp3) is 0.235. The van der Waals surface area contributed by atoms with Crippen molar-refractivity contribution in [2.75, 3.05) is 26.5 Å². The van der Waals surface area contributed by atoms with Crippen LogP contribution in [0.15, 0.2) is 30.3 Å². The zero-order chi connectivity index (χ0) is 17.9. The van der Waals surface area contributed by atoms with Crippen LogP contribution in [0.5, 0.6) is 0 Å². The summed E-state index contributed by atoms with van der Waals surface area (Å²) in [6.45, 7) is 1.77. The molecule has 126 valence electrons. The fourth-order valence-corrected chi connectivity index (χ4v) is 2.17. The number of aryl methyl sites for hydroxylation is 1. The van der Waals surface area contributed by atoms with Gasteiger partial charge in [-0.15, -0.1) is 0 Å². The van der Waals surface area contributed by atoms with Gasteiger partial charge in [0, 0.05) is 30.9 Å². The number of nitrogens with zero attached hydrogens (tertiary/aromatic N) is 1. The van der Waals surface area contributed by atoms with Gasteiger partial charge in [0.25, 0.3) is 11.8 Å². The molecule has 24 heavy (non-hydrogen) atoms. The molecule has 2 amide bonds. The van der Waals surface area contributed by atoms with E-state index in [2.05, 4.69) is 15.0 Å². The van der Waals surface area contributed by atoms with E-state index >= 15 is 0 Å². The lowest BCUT2D eigenvalue weighted by molar-refractivity contribution is 0.0595. The highest BCUT2D eigenvalue weighted by atomic mass is 16.5. The van der Waals surface area contributed by atoms with Crippen LogP contribution in [0.2, 0.25) is 0 Å². The lowest BCUT2D eigenvalue weighted by Crippen LogP contribution is -2.21. The highest BCUT2D eigenvalue weighted by Gasteiger charge is 2.18. The zero-order valence-corrected chi connectivity index (χ0v) is 14.0. The van der Waals surface area contributed by atoms with Crippen LogP contribution in [0.3, 0.4) is 0 Å². The van der Waals surface area contributed by atoms with Crippen molar-refractivity contribution in [3.63, 3.8) is 0 Å². The number of H-pyrrole nitrogens is 1. The van der Waals surface area contributed by atoms with E-state index in [0.717, 1.165) is 5.69 Å². The number of anilines is 1. The lowest BCUT2D eigenvalue weighted by atomic mass is 10.1. The number of aromatic amines is 1. The van der Waals surface area contributed by atoms with Gasteiger partial charge in [-0.25, -0.2) is 4.79 Å². The number of nitrogens with one attached hydrogen (secondary N) is 2. The van der Waals surface area contributed by atoms with E-state index in [4.69, 9.17) is 0 Å². The Bertz CT molecular complexity index is 776. The Morgan fingerprint density at radius 1 is 1.08 bits per heavy atom. The minimum atomic E-state index is -0.565. The van der Waals surface area contributed by atoms with E-state index in [1.807, 2.05) is 0 Å². The van der Waals surface area contributed by atoms with Gasteiger partial charge in [-0.1, -0.05) is 0 Å². The summed E-state index contributed by atoms with van der Waals surface area (Å²) < 4.78 is 4.68. The maximum absolute atomic E-state index is 12.3. The average Bonchev–Trinajstić information content (AvgIpc) is 2.93. The summed E-state index contributed by atoms with van der Waals surface area (Å²) in [6.07, 6.45) is 0. The molecule has 2 N–H and O–H groups in total. The molecule has 0 aliphatic heterocycles. The van der Waals surface area contributed by atoms with E-state index < -0.39 is 5.97 Å². The highest BCUT2D eigenvalue weighted by Crippen LogP contribution is 2.19. The number of aromatic nitrogens is 1. The standard InChI is InChI=1S/C17H19N3O4/c1-10-9-13(14(18-10)17(23)24-4)19-15(21)11-5-7-12(8-6-11)16(22)20(2)3/h5-9,18H,1-4H3,(H,19,21). The van der Waals surface area contributed by atoms with Gasteiger partial charge in [-0.2, -0.15) is 0 Å². The smallest absolute Gasteiger partial charge is 0.356 e. The van der Waals surface area contributed by atoms with Crippen LogP contribution in [0.25, 0.3) is 0 Å². The fourth-order valence-electron chi connectivity index (χ4n) is 2.17. The molecule has 7 heteroatoms. The third-order valence-electron chi connectivity index (χ3n) is 3.39. The van der Waals surface area contributed by atoms with Crippen LogP contribution in [-0.2, 0) is 4.74 Å². The van der Waals surface area contributed by atoms with Crippen molar-refractivity contribution in [1.29, 1.82) is 0 Å². The van der Waals surface area contributed by atoms with Gasteiger partial charge in [0.15, 0.2) is 0 Å². The van der Waals surface area contributed by atoms with Gasteiger partial charge in [0.1, 0.15) is 5.69 Å². The van der Waals surface area contributed by atoms with Crippen LogP contribution in [0, 0.1) is 6.92 Å². The Hall–Kier alpha value is -3.09. The molecule has 0 atom stereocenters. The maximum atomic E-state index is 12.3. The van der Waals surface area contributed by atoms with Crippen LogP contribution >= 0.6 is 0 Å². The van der Waals surface area contributed by atoms with Crippen LogP contribution in [-0.4, -0.2) is 48.9 Å². The number of hydrogen-bond donors (Lipinski definition) is 2. The lowest BCUT2D eigenvalue weighted by Gasteiger charge is -2.10. The van der Waals surface area contributed by atoms with Crippen LogP contribution in [0.4, 0.5) is 5.69 Å². The first-order valence-electron chi connectivity index (χ1n) is 7.24. The van der Waals surface area contributed by atoms with Crippen molar-refractivity contribution in [3.05, 3.63) is 52.8 Å². The topological polar surface area (TPSA) is 91.5 Å². The predicted molar refractivity (Wildman–Crippen MR) is 89.3 cm³/mol. The van der Waals surface area contributed by atoms with Crippen molar-refractivity contribution < 1.29 is 19.1 Å². The minimum absolute atomic E-state index is 0.142. The number of ether oxygens (including phenoxy) is 1. The zero-order valence-electron chi connectivity index (χ0n) is 14.0. The van der Waals surface area contributed by atoms with Crippen molar-refractivity contribution in [2.24, 2.45) is 0 Å². The molecule has 1 heterocycles. The summed E-state index contributed by atoms with van der Waals surface area (Å²) in [4.78, 5) is 40.2. The number of benzene rings is 1. The molecule has 0 radical (unpaired) electrons. The molecule has 2 rings (SSSR count). The molecule has 7 nitrogen and oxygen atoms in total. The highest BCUT2D eigenvalue weighted by molar-refractivity contribution is 6.08. The largest absolute Gasteiger partial charge is 0.464 e. The number of amides is 2. The molecule has 0 unspecified atom stereocenters. The molecule has 0 bridgehead atoms. The summed E-state index contributed by atoms with van der Waals surface area (Å²) >= 11 is 0. The first kappa shape index (κ1) is 17.3. The number of methoxy groups -OCH3 is 1. The summed E-state index contributed by atoms with van der Waals surface area (Å²) in [5, 5.41) is 2.67. The van der Waals surface area contributed by atoms with Gasteiger partial charge in [-0.05, 0) is 37.3 Å². The summed E-state index contributed by atoms with van der Waals surface area (Å²) in [6, 6.07) is 7.93. The molecule has 1 aromatic heterocycles. The molecule has 0 saturated heterocycles. The molecule has 1 aromatic carbocycles. The molecule has 0 aliphatic rings. The first-order valence-corrected chi connectivity index (χ1v) is 7.24. The van der Waals surface area contributed by atoms with Crippen LogP contribution < -0.4 is 5.32 Å². The van der Waals surface area contributed by atoms with Gasteiger partial charge >= 0.3 is 5.97 Å². The second kappa shape index (κ2) is 6.99. The number of hydrogen-bond acceptors (Lipinski definition) is 4. The maximum Gasteiger partial charge on any atom is 0.356 e. The Morgan fingerprint density at radius 2 is 1.67 bits per heavy atom. The monoisotopic (exact) mass is 329 g/mol. The molecule has 0 fully saturated rings. The second-order valence-corrected chi connectivity index (χ2v) is 5.46. The Labute approximate surface area is 139 Å². The Kier molecular flexibility index (Phi) is 5.03. The summed E-state index contributed by atoms with van der Waals surface area (Å²) in [7, 11) is 4.58. The number of esters is 1. The first-order chi connectivity index (χ1) is 11.3. The van der Waals surface area contributed by atoms with E-state index in [9.17, 15) is 14.4 Å². The number of carbonyl (C=O) groups excluding carboxylic acids is 3. The van der Waals surface area contributed by atoms with Gasteiger partial charge in [0.05, 0.1) is 12.8 Å². The summed E-state index contributed by atoms with van der Waals surface area (Å²) in [5.74, 6) is -1.09. The number of carbonyl (C=O) groups is 3. The summed E-state index contributed by atoms with van der Waals surface area (Å²) in [5.41, 5.74) is 2.11. The van der Waals surface area contributed by atoms with E-state index in [-0.39, 0.29) is 17.5 Å². The second-order valence-electron chi connectivity index (χ2n) is 5.46. The average molecular weight is 329 g/mol. The minimum Gasteiger partial charge on any atom is -0.464 e. The Balaban J connectivity index is 2.19. The quantitative estimate of drug-likeness (QED) is 0.840. The van der Waals surface area contributed by atoms with Crippen molar-refractivity contribution in [2.45, 2.75) is 6.92 Å². The molecular weight excluding hydrogens is 310 g/mol. The van der Waals surface area contributed by atoms with Crippen molar-refractivity contribution >= 4 is 23.5 Å². The third kappa shape index (κ3) is 3.62. The molecule has 0 aliphatic carbocycles. The van der Waals surface area contributed by atoms with Crippen molar-refractivity contribution in [3.8, 4) is 0 Å². The van der Waals surface area contributed by atoms with Gasteiger partial charge < -0.3 is 19.9 Å². The van der Waals surface area contributed by atoms with E-state index in [1.165, 1.54) is 12.0 Å². The third-order valence-corrected chi connectivity index (χ3v) is 3.39. The van der Waals surface area contributed by atoms with Gasteiger partial charge in [0.2, 0.25) is 0 Å². The van der Waals surface area contributed by atoms with Crippen molar-refractivity contribution in [1.82, 2.24) is 9.88 Å². The predicted octanol–water partition coefficient (Wildman–Crippen LogP) is 2.06.